The lowest BCUT2D eigenvalue weighted by Gasteiger charge is -2.30. The van der Waals surface area contributed by atoms with Gasteiger partial charge in [-0.25, -0.2) is 4.79 Å². The fourth-order valence-electron chi connectivity index (χ4n) is 4.06. The van der Waals surface area contributed by atoms with E-state index in [0.29, 0.717) is 23.7 Å². The van der Waals surface area contributed by atoms with Crippen LogP contribution in [0.2, 0.25) is 0 Å². The van der Waals surface area contributed by atoms with Gasteiger partial charge in [0.2, 0.25) is 5.91 Å². The molecule has 1 saturated heterocycles. The highest BCUT2D eigenvalue weighted by Gasteiger charge is 2.43. The topological polar surface area (TPSA) is 120 Å². The second-order valence-electron chi connectivity index (χ2n) is 8.39. The lowest BCUT2D eigenvalue weighted by molar-refractivity contribution is -0.139. The lowest BCUT2D eigenvalue weighted by atomic mass is 10.0. The van der Waals surface area contributed by atoms with Gasteiger partial charge in [-0.3, -0.25) is 14.5 Å². The van der Waals surface area contributed by atoms with Crippen molar-refractivity contribution in [3.63, 3.8) is 0 Å². The maximum absolute atomic E-state index is 13.2. The number of carbonyl (C=O) groups excluding carboxylic acids is 3. The predicted molar refractivity (Wildman–Crippen MR) is 121 cm³/mol. The van der Waals surface area contributed by atoms with Crippen LogP contribution in [0.3, 0.4) is 0 Å². The molecule has 0 spiro atoms. The number of hydrogen-bond acceptors (Lipinski definition) is 5. The second kappa shape index (κ2) is 8.82. The molecule has 32 heavy (non-hydrogen) atoms. The molecule has 2 aromatic carbocycles. The first kappa shape index (κ1) is 21.5. The second-order valence-corrected chi connectivity index (χ2v) is 8.39. The summed E-state index contributed by atoms with van der Waals surface area (Å²) in [7, 11) is 0. The van der Waals surface area contributed by atoms with Crippen LogP contribution in [-0.2, 0) is 16.1 Å². The fraction of sp³-hybridized carbons (Fsp3) is 0.333. The zero-order chi connectivity index (χ0) is 22.8. The number of benzene rings is 2. The summed E-state index contributed by atoms with van der Waals surface area (Å²) in [5, 5.41) is 10.9. The van der Waals surface area contributed by atoms with Crippen LogP contribution >= 0.6 is 0 Å². The molecular weight excluding hydrogens is 406 g/mol. The van der Waals surface area contributed by atoms with E-state index in [-0.39, 0.29) is 24.2 Å². The number of urea groups is 1. The Kier molecular flexibility index (Phi) is 5.94. The quantitative estimate of drug-likeness (QED) is 0.336. The molecule has 1 aliphatic heterocycles. The van der Waals surface area contributed by atoms with Crippen LogP contribution in [-0.4, -0.2) is 52.0 Å². The Morgan fingerprint density at radius 1 is 1.16 bits per heavy atom. The molecule has 2 aromatic rings. The van der Waals surface area contributed by atoms with E-state index < -0.39 is 18.0 Å². The van der Waals surface area contributed by atoms with Crippen LogP contribution in [0.1, 0.15) is 30.9 Å². The van der Waals surface area contributed by atoms with Crippen molar-refractivity contribution in [3.8, 4) is 0 Å². The van der Waals surface area contributed by atoms with Crippen LogP contribution in [0.4, 0.5) is 10.5 Å². The van der Waals surface area contributed by atoms with Gasteiger partial charge in [0.25, 0.3) is 5.91 Å². The minimum atomic E-state index is -1.16. The standard InChI is InChI=1S/C24H27N5O3/c1-15(17-11-12-17)28(13-16-7-3-2-4-8-16)20(30)14-29-23(31)22(27-24(29)32)21(26)18-9-5-6-10-19(18)25/h2-10,15,17,22,26H,11-14,25H2,1H3,(H,27,32). The molecule has 4 rings (SSSR count). The number of nitrogens with one attached hydrogen (secondary N) is 2. The first-order chi connectivity index (χ1) is 15.4. The molecule has 8 heteroatoms. The molecule has 1 heterocycles. The molecule has 4 amide bonds. The molecule has 2 unspecified atom stereocenters. The maximum atomic E-state index is 13.2. The molecule has 4 N–H and O–H groups in total. The lowest BCUT2D eigenvalue weighted by Crippen LogP contribution is -2.47. The van der Waals surface area contributed by atoms with Gasteiger partial charge in [0, 0.05) is 23.8 Å². The first-order valence-electron chi connectivity index (χ1n) is 10.8. The molecule has 0 radical (unpaired) electrons. The summed E-state index contributed by atoms with van der Waals surface area (Å²) < 4.78 is 0. The van der Waals surface area contributed by atoms with Crippen molar-refractivity contribution in [1.29, 1.82) is 5.41 Å². The number of amides is 4. The van der Waals surface area contributed by atoms with Crippen LogP contribution in [0.5, 0.6) is 0 Å². The van der Waals surface area contributed by atoms with E-state index in [9.17, 15) is 14.4 Å². The van der Waals surface area contributed by atoms with Crippen LogP contribution in [0.15, 0.2) is 54.6 Å². The number of imide groups is 1. The number of rotatable bonds is 8. The molecule has 166 valence electrons. The Morgan fingerprint density at radius 2 is 1.81 bits per heavy atom. The van der Waals surface area contributed by atoms with Crippen molar-refractivity contribution in [2.75, 3.05) is 12.3 Å². The minimum absolute atomic E-state index is 0.0154. The monoisotopic (exact) mass is 433 g/mol. The van der Waals surface area contributed by atoms with E-state index in [1.807, 2.05) is 37.3 Å². The summed E-state index contributed by atoms with van der Waals surface area (Å²) in [5.41, 5.74) is 7.55. The zero-order valence-electron chi connectivity index (χ0n) is 18.0. The van der Waals surface area contributed by atoms with Crippen molar-refractivity contribution in [2.24, 2.45) is 5.92 Å². The predicted octanol–water partition coefficient (Wildman–Crippen LogP) is 2.38. The number of carbonyl (C=O) groups is 3. The Balaban J connectivity index is 1.49. The molecule has 1 saturated carbocycles. The Bertz CT molecular complexity index is 1050. The highest BCUT2D eigenvalue weighted by Crippen LogP contribution is 2.35. The highest BCUT2D eigenvalue weighted by atomic mass is 16.2. The summed E-state index contributed by atoms with van der Waals surface area (Å²) >= 11 is 0. The van der Waals surface area contributed by atoms with Gasteiger partial charge in [-0.1, -0.05) is 48.5 Å². The van der Waals surface area contributed by atoms with Gasteiger partial charge in [-0.15, -0.1) is 0 Å². The molecule has 2 atom stereocenters. The third-order valence-corrected chi connectivity index (χ3v) is 6.17. The van der Waals surface area contributed by atoms with E-state index in [4.69, 9.17) is 11.1 Å². The highest BCUT2D eigenvalue weighted by molar-refractivity contribution is 6.23. The summed E-state index contributed by atoms with van der Waals surface area (Å²) in [6, 6.07) is 14.5. The summed E-state index contributed by atoms with van der Waals surface area (Å²) in [6.07, 6.45) is 2.14. The fourth-order valence-corrected chi connectivity index (χ4v) is 4.06. The zero-order valence-corrected chi connectivity index (χ0v) is 18.0. The van der Waals surface area contributed by atoms with Gasteiger partial charge in [-0.05, 0) is 37.3 Å². The van der Waals surface area contributed by atoms with E-state index in [1.165, 1.54) is 0 Å². The normalized spacial score (nSPS) is 18.9. The molecule has 2 aliphatic rings. The SMILES string of the molecule is CC(C1CC1)N(Cc1ccccc1)C(=O)CN1C(=O)NC(C(=N)c2ccccc2N)C1=O. The van der Waals surface area contributed by atoms with Crippen molar-refractivity contribution in [1.82, 2.24) is 15.1 Å². The number of hydrogen-bond donors (Lipinski definition) is 3. The van der Waals surface area contributed by atoms with Crippen LogP contribution in [0.25, 0.3) is 0 Å². The Morgan fingerprint density at radius 3 is 2.47 bits per heavy atom. The largest absolute Gasteiger partial charge is 0.398 e. The molecular formula is C24H27N5O3. The van der Waals surface area contributed by atoms with Crippen molar-refractivity contribution in [3.05, 3.63) is 65.7 Å². The minimum Gasteiger partial charge on any atom is -0.398 e. The Labute approximate surface area is 186 Å². The van der Waals surface area contributed by atoms with Gasteiger partial charge in [-0.2, -0.15) is 0 Å². The number of anilines is 1. The van der Waals surface area contributed by atoms with E-state index in [0.717, 1.165) is 23.3 Å². The summed E-state index contributed by atoms with van der Waals surface area (Å²) in [4.78, 5) is 41.4. The molecule has 0 bridgehead atoms. The third kappa shape index (κ3) is 4.34. The van der Waals surface area contributed by atoms with E-state index in [1.54, 1.807) is 29.2 Å². The van der Waals surface area contributed by atoms with Crippen molar-refractivity contribution >= 4 is 29.2 Å². The van der Waals surface area contributed by atoms with Gasteiger partial charge < -0.3 is 21.4 Å². The smallest absolute Gasteiger partial charge is 0.325 e. The van der Waals surface area contributed by atoms with Crippen LogP contribution < -0.4 is 11.1 Å². The molecule has 8 nitrogen and oxygen atoms in total. The summed E-state index contributed by atoms with van der Waals surface area (Å²) in [6.45, 7) is 2.07. The molecule has 2 fully saturated rings. The Hall–Kier alpha value is -3.68. The number of nitrogens with zero attached hydrogens (tertiary/aromatic N) is 2. The number of nitrogen functional groups attached to an aromatic ring is 1. The van der Waals surface area contributed by atoms with Gasteiger partial charge in [0.1, 0.15) is 6.54 Å². The third-order valence-electron chi connectivity index (χ3n) is 6.17. The summed E-state index contributed by atoms with van der Waals surface area (Å²) in [5.74, 6) is -0.466. The molecule has 0 aromatic heterocycles. The van der Waals surface area contributed by atoms with Crippen molar-refractivity contribution in [2.45, 2.75) is 38.4 Å². The van der Waals surface area contributed by atoms with Crippen LogP contribution in [0, 0.1) is 11.3 Å². The number of para-hydroxylation sites is 1. The molecule has 1 aliphatic carbocycles. The van der Waals surface area contributed by atoms with Gasteiger partial charge >= 0.3 is 6.03 Å². The van der Waals surface area contributed by atoms with Crippen molar-refractivity contribution < 1.29 is 14.4 Å². The maximum Gasteiger partial charge on any atom is 0.325 e. The van der Waals surface area contributed by atoms with Gasteiger partial charge in [0.15, 0.2) is 6.04 Å². The van der Waals surface area contributed by atoms with E-state index in [2.05, 4.69) is 5.32 Å². The number of nitrogens with two attached hydrogens (primary N) is 1. The first-order valence-corrected chi connectivity index (χ1v) is 10.8. The average molecular weight is 434 g/mol. The van der Waals surface area contributed by atoms with Gasteiger partial charge in [0.05, 0.1) is 5.71 Å². The van der Waals surface area contributed by atoms with E-state index >= 15 is 0 Å². The average Bonchev–Trinajstić information content (AvgIpc) is 3.60.